The number of aliphatic hydroxyl groups is 1. The van der Waals surface area contributed by atoms with Crippen LogP contribution in [0.2, 0.25) is 0 Å². The molecule has 0 aromatic heterocycles. The zero-order valence-corrected chi connectivity index (χ0v) is 18.6. The van der Waals surface area contributed by atoms with Crippen molar-refractivity contribution >= 4 is 55.9 Å². The van der Waals surface area contributed by atoms with E-state index in [9.17, 15) is 13.5 Å². The molecule has 0 saturated carbocycles. The van der Waals surface area contributed by atoms with Gasteiger partial charge in [-0.15, -0.1) is 0 Å². The molecule has 0 unspecified atom stereocenters. The van der Waals surface area contributed by atoms with Gasteiger partial charge in [0.15, 0.2) is 20.1 Å². The molecule has 30 heavy (non-hydrogen) atoms. The quantitative estimate of drug-likeness (QED) is 0.478. The van der Waals surface area contributed by atoms with Crippen molar-refractivity contribution in [3.8, 4) is 0 Å². The van der Waals surface area contributed by atoms with Crippen LogP contribution in [0.3, 0.4) is 0 Å². The molecule has 0 bridgehead atoms. The van der Waals surface area contributed by atoms with E-state index in [2.05, 4.69) is 16.0 Å². The molecule has 1 fully saturated rings. The fourth-order valence-corrected chi connectivity index (χ4v) is 5.60. The number of aliphatic hydroxyl groups excluding tert-OH is 1. The third kappa shape index (κ3) is 6.36. The van der Waals surface area contributed by atoms with Crippen LogP contribution in [0.5, 0.6) is 0 Å². The molecule has 0 aliphatic carbocycles. The third-order valence-electron chi connectivity index (χ3n) is 4.65. The molecule has 1 heterocycles. The Morgan fingerprint density at radius 1 is 0.967 bits per heavy atom. The Labute approximate surface area is 187 Å². The number of anilines is 2. The molecule has 1 saturated heterocycles. The number of benzene rings is 2. The van der Waals surface area contributed by atoms with Crippen LogP contribution in [0, 0.1) is 0 Å². The summed E-state index contributed by atoms with van der Waals surface area (Å²) in [5.74, 6) is -0.402. The molecule has 1 aliphatic rings. The number of thiocarbonyl (C=S) groups is 2. The summed E-state index contributed by atoms with van der Waals surface area (Å²) in [5, 5.41) is 20.5. The minimum atomic E-state index is -3.32. The van der Waals surface area contributed by atoms with Gasteiger partial charge >= 0.3 is 0 Å². The number of hydrogen-bond acceptors (Lipinski definition) is 5. The standard InChI is InChI=1S/C20H24N4O3S3/c25-18-14-30(26,27)13-17(18)24(20(29)23-16-9-5-2-6-10-16)12-11-21-19(28)22-15-7-3-1-4-8-15/h1-10,17-18,25H,11-14H2,(H,23,29)(H2,21,22,28)/t17-,18+/m0/s1. The van der Waals surface area contributed by atoms with E-state index < -0.39 is 22.0 Å². The monoisotopic (exact) mass is 464 g/mol. The first-order valence-electron chi connectivity index (χ1n) is 9.45. The van der Waals surface area contributed by atoms with Crippen LogP contribution < -0.4 is 16.0 Å². The summed E-state index contributed by atoms with van der Waals surface area (Å²) in [6, 6.07) is 18.3. The van der Waals surface area contributed by atoms with E-state index in [-0.39, 0.29) is 11.5 Å². The van der Waals surface area contributed by atoms with Crippen molar-refractivity contribution in [2.45, 2.75) is 12.1 Å². The van der Waals surface area contributed by atoms with Crippen LogP contribution in [0.15, 0.2) is 60.7 Å². The Bertz CT molecular complexity index is 971. The first-order valence-corrected chi connectivity index (χ1v) is 12.1. The molecule has 160 valence electrons. The first-order chi connectivity index (χ1) is 14.3. The maximum atomic E-state index is 12.0. The molecule has 1 aliphatic heterocycles. The highest BCUT2D eigenvalue weighted by atomic mass is 32.2. The number of para-hydroxylation sites is 2. The molecule has 2 atom stereocenters. The van der Waals surface area contributed by atoms with Crippen LogP contribution >= 0.6 is 24.4 Å². The predicted molar refractivity (Wildman–Crippen MR) is 128 cm³/mol. The van der Waals surface area contributed by atoms with Crippen LogP contribution in [-0.2, 0) is 9.84 Å². The molecule has 2 aromatic carbocycles. The summed E-state index contributed by atoms with van der Waals surface area (Å²) in [4.78, 5) is 1.72. The molecule has 7 nitrogen and oxygen atoms in total. The van der Waals surface area contributed by atoms with Gasteiger partial charge in [-0.2, -0.15) is 0 Å². The average molecular weight is 465 g/mol. The van der Waals surface area contributed by atoms with Crippen molar-refractivity contribution < 1.29 is 13.5 Å². The van der Waals surface area contributed by atoms with E-state index in [0.29, 0.717) is 23.3 Å². The van der Waals surface area contributed by atoms with Crippen molar-refractivity contribution in [1.82, 2.24) is 10.2 Å². The lowest BCUT2D eigenvalue weighted by Crippen LogP contribution is -2.51. The van der Waals surface area contributed by atoms with Gasteiger partial charge in [-0.05, 0) is 48.7 Å². The summed E-state index contributed by atoms with van der Waals surface area (Å²) in [6.07, 6.45) is -1.00. The summed E-state index contributed by atoms with van der Waals surface area (Å²) in [7, 11) is -3.32. The van der Waals surface area contributed by atoms with Gasteiger partial charge in [0.05, 0.1) is 23.7 Å². The van der Waals surface area contributed by atoms with Gasteiger partial charge in [0, 0.05) is 24.5 Å². The smallest absolute Gasteiger partial charge is 0.173 e. The highest BCUT2D eigenvalue weighted by Gasteiger charge is 2.40. The molecule has 3 rings (SSSR count). The van der Waals surface area contributed by atoms with E-state index in [0.717, 1.165) is 11.4 Å². The van der Waals surface area contributed by atoms with Crippen molar-refractivity contribution in [1.29, 1.82) is 0 Å². The number of rotatable bonds is 6. The van der Waals surface area contributed by atoms with Crippen molar-refractivity contribution in [2.24, 2.45) is 0 Å². The van der Waals surface area contributed by atoms with Gasteiger partial charge in [-0.25, -0.2) is 8.42 Å². The minimum Gasteiger partial charge on any atom is -0.390 e. The van der Waals surface area contributed by atoms with Crippen LogP contribution in [-0.4, -0.2) is 65.4 Å². The summed E-state index contributed by atoms with van der Waals surface area (Å²) in [6.45, 7) is 0.783. The Hall–Kier alpha value is -2.27. The second-order valence-electron chi connectivity index (χ2n) is 6.95. The van der Waals surface area contributed by atoms with Gasteiger partial charge in [0.1, 0.15) is 0 Å². The highest BCUT2D eigenvalue weighted by molar-refractivity contribution is 7.91. The largest absolute Gasteiger partial charge is 0.390 e. The predicted octanol–water partition coefficient (Wildman–Crippen LogP) is 1.83. The van der Waals surface area contributed by atoms with Gasteiger partial charge in [-0.3, -0.25) is 0 Å². The molecule has 2 aromatic rings. The number of hydrogen-bond donors (Lipinski definition) is 4. The summed E-state index contributed by atoms with van der Waals surface area (Å²) < 4.78 is 24.1. The zero-order chi connectivity index (χ0) is 21.6. The minimum absolute atomic E-state index is 0.141. The molecule has 10 heteroatoms. The van der Waals surface area contributed by atoms with Crippen molar-refractivity contribution in [3.63, 3.8) is 0 Å². The number of nitrogens with one attached hydrogen (secondary N) is 3. The fraction of sp³-hybridized carbons (Fsp3) is 0.300. The number of nitrogens with zero attached hydrogens (tertiary/aromatic N) is 1. The molecule has 0 radical (unpaired) electrons. The molecule has 0 spiro atoms. The Kier molecular flexibility index (Phi) is 7.59. The van der Waals surface area contributed by atoms with Crippen LogP contribution in [0.4, 0.5) is 11.4 Å². The second-order valence-corrected chi connectivity index (χ2v) is 9.90. The van der Waals surface area contributed by atoms with Gasteiger partial charge < -0.3 is 26.0 Å². The lowest BCUT2D eigenvalue weighted by Gasteiger charge is -2.33. The second kappa shape index (κ2) is 10.2. The van der Waals surface area contributed by atoms with Gasteiger partial charge in [0.2, 0.25) is 0 Å². The average Bonchev–Trinajstić information content (AvgIpc) is 2.98. The fourth-order valence-electron chi connectivity index (χ4n) is 3.23. The highest BCUT2D eigenvalue weighted by Crippen LogP contribution is 2.20. The summed E-state index contributed by atoms with van der Waals surface area (Å²) in [5.41, 5.74) is 1.66. The maximum absolute atomic E-state index is 12.0. The van der Waals surface area contributed by atoms with Crippen LogP contribution in [0.1, 0.15) is 0 Å². The van der Waals surface area contributed by atoms with E-state index in [1.165, 1.54) is 0 Å². The topological polar surface area (TPSA) is 93.7 Å². The van der Waals surface area contributed by atoms with Crippen molar-refractivity contribution in [2.75, 3.05) is 35.2 Å². The number of sulfone groups is 1. The molecule has 4 N–H and O–H groups in total. The maximum Gasteiger partial charge on any atom is 0.173 e. The molecular weight excluding hydrogens is 440 g/mol. The third-order valence-corrected chi connectivity index (χ3v) is 6.93. The molecule has 0 amide bonds. The van der Waals surface area contributed by atoms with E-state index >= 15 is 0 Å². The lowest BCUT2D eigenvalue weighted by atomic mass is 10.2. The first kappa shape index (κ1) is 22.4. The SMILES string of the molecule is O=S1(=O)C[C@@H](O)[C@@H](N(CCNC(=S)Nc2ccccc2)C(=S)Nc2ccccc2)C1. The lowest BCUT2D eigenvalue weighted by molar-refractivity contribution is 0.124. The summed E-state index contributed by atoms with van der Waals surface area (Å²) >= 11 is 10.9. The Balaban J connectivity index is 1.63. The Morgan fingerprint density at radius 3 is 2.07 bits per heavy atom. The van der Waals surface area contributed by atoms with Gasteiger partial charge in [-0.1, -0.05) is 36.4 Å². The zero-order valence-electron chi connectivity index (χ0n) is 16.2. The van der Waals surface area contributed by atoms with E-state index in [4.69, 9.17) is 24.4 Å². The molecular formula is C20H24N4O3S3. The van der Waals surface area contributed by atoms with Crippen LogP contribution in [0.25, 0.3) is 0 Å². The van der Waals surface area contributed by atoms with Gasteiger partial charge in [0.25, 0.3) is 0 Å². The Morgan fingerprint density at radius 2 is 1.53 bits per heavy atom. The van der Waals surface area contributed by atoms with Crippen molar-refractivity contribution in [3.05, 3.63) is 60.7 Å². The van der Waals surface area contributed by atoms with E-state index in [1.807, 2.05) is 60.7 Å². The normalized spacial score (nSPS) is 19.6. The van der Waals surface area contributed by atoms with E-state index in [1.54, 1.807) is 4.90 Å².